The smallest absolute Gasteiger partial charge is 0.239 e. The first kappa shape index (κ1) is 16.5. The van der Waals surface area contributed by atoms with Crippen LogP contribution < -0.4 is 16.0 Å². The van der Waals surface area contributed by atoms with Gasteiger partial charge in [-0.2, -0.15) is 0 Å². The highest BCUT2D eigenvalue weighted by Crippen LogP contribution is 2.14. The maximum Gasteiger partial charge on any atom is 0.239 e. The molecule has 120 valence electrons. The molecule has 2 amide bonds. The molecule has 0 fully saturated rings. The summed E-state index contributed by atoms with van der Waals surface area (Å²) < 4.78 is 13.4. The van der Waals surface area contributed by atoms with E-state index < -0.39 is 0 Å². The summed E-state index contributed by atoms with van der Waals surface area (Å²) in [4.78, 5) is 22.8. The van der Waals surface area contributed by atoms with Crippen LogP contribution in [-0.2, 0) is 16.1 Å². The fraction of sp³-hybridized carbons (Fsp3) is 0.176. The van der Waals surface area contributed by atoms with E-state index in [2.05, 4.69) is 16.0 Å². The molecule has 0 heterocycles. The predicted octanol–water partition coefficient (Wildman–Crippen LogP) is 2.51. The molecule has 0 radical (unpaired) electrons. The number of rotatable bonds is 6. The second kappa shape index (κ2) is 7.93. The fourth-order valence-electron chi connectivity index (χ4n) is 1.99. The van der Waals surface area contributed by atoms with Crippen molar-refractivity contribution in [2.75, 3.05) is 17.2 Å². The number of carbonyl (C=O) groups excluding carboxylic acids is 2. The number of hydrogen-bond acceptors (Lipinski definition) is 3. The van der Waals surface area contributed by atoms with E-state index in [0.29, 0.717) is 16.9 Å². The van der Waals surface area contributed by atoms with Crippen LogP contribution in [0.2, 0.25) is 0 Å². The van der Waals surface area contributed by atoms with Gasteiger partial charge in [-0.3, -0.25) is 9.59 Å². The summed E-state index contributed by atoms with van der Waals surface area (Å²) in [5.41, 5.74) is 1.79. The van der Waals surface area contributed by atoms with Gasteiger partial charge in [-0.25, -0.2) is 4.39 Å². The van der Waals surface area contributed by atoms with Gasteiger partial charge in [-0.05, 0) is 24.3 Å². The molecule has 0 aliphatic rings. The first-order valence-electron chi connectivity index (χ1n) is 7.16. The van der Waals surface area contributed by atoms with E-state index in [1.807, 2.05) is 0 Å². The lowest BCUT2D eigenvalue weighted by molar-refractivity contribution is -0.119. The minimum atomic E-state index is -0.344. The maximum atomic E-state index is 13.4. The molecule has 0 saturated carbocycles. The minimum Gasteiger partial charge on any atom is -0.376 e. The summed E-state index contributed by atoms with van der Waals surface area (Å²) in [6.07, 6.45) is 0. The lowest BCUT2D eigenvalue weighted by Gasteiger charge is -2.10. The van der Waals surface area contributed by atoms with Crippen LogP contribution in [0.4, 0.5) is 15.8 Å². The minimum absolute atomic E-state index is 0.0535. The topological polar surface area (TPSA) is 70.2 Å². The van der Waals surface area contributed by atoms with Crippen molar-refractivity contribution in [1.29, 1.82) is 0 Å². The van der Waals surface area contributed by atoms with Crippen molar-refractivity contribution in [3.05, 3.63) is 59.9 Å². The van der Waals surface area contributed by atoms with E-state index in [1.165, 1.54) is 13.0 Å². The normalized spacial score (nSPS) is 10.0. The second-order valence-electron chi connectivity index (χ2n) is 4.98. The van der Waals surface area contributed by atoms with Crippen molar-refractivity contribution < 1.29 is 14.0 Å². The van der Waals surface area contributed by atoms with Crippen molar-refractivity contribution in [2.24, 2.45) is 0 Å². The number of benzene rings is 2. The Morgan fingerprint density at radius 1 is 1.04 bits per heavy atom. The maximum absolute atomic E-state index is 13.4. The monoisotopic (exact) mass is 315 g/mol. The number of anilines is 2. The molecule has 6 heteroatoms. The van der Waals surface area contributed by atoms with E-state index in [9.17, 15) is 14.0 Å². The lowest BCUT2D eigenvalue weighted by Crippen LogP contribution is -2.29. The number of amides is 2. The van der Waals surface area contributed by atoms with Crippen molar-refractivity contribution >= 4 is 23.2 Å². The molecule has 0 bridgehead atoms. The van der Waals surface area contributed by atoms with E-state index in [-0.39, 0.29) is 30.7 Å². The molecule has 0 aromatic heterocycles. The Kier molecular flexibility index (Phi) is 5.68. The van der Waals surface area contributed by atoms with E-state index in [0.717, 1.165) is 0 Å². The summed E-state index contributed by atoms with van der Waals surface area (Å²) in [5, 5.41) is 8.26. The standard InChI is InChI=1S/C17H18FN3O2/c1-12(22)21-15-7-4-6-14(9-15)19-11-17(23)20-10-13-5-2-3-8-16(13)18/h2-9,19H,10-11H2,1H3,(H,20,23)(H,21,22). The summed E-state index contributed by atoms with van der Waals surface area (Å²) in [7, 11) is 0. The van der Waals surface area contributed by atoms with Crippen LogP contribution >= 0.6 is 0 Å². The molecule has 3 N–H and O–H groups in total. The second-order valence-corrected chi connectivity index (χ2v) is 4.98. The molecule has 2 aromatic carbocycles. The van der Waals surface area contributed by atoms with E-state index in [4.69, 9.17) is 0 Å². The number of carbonyl (C=O) groups is 2. The first-order chi connectivity index (χ1) is 11.0. The summed E-state index contributed by atoms with van der Waals surface area (Å²) in [6.45, 7) is 1.62. The molecule has 0 aliphatic carbocycles. The number of halogens is 1. The Morgan fingerprint density at radius 3 is 2.52 bits per heavy atom. The molecule has 5 nitrogen and oxygen atoms in total. The van der Waals surface area contributed by atoms with Gasteiger partial charge in [0.1, 0.15) is 5.82 Å². The molecular formula is C17H18FN3O2. The average molecular weight is 315 g/mol. The zero-order valence-corrected chi connectivity index (χ0v) is 12.7. The van der Waals surface area contributed by atoms with Crippen LogP contribution in [0.3, 0.4) is 0 Å². The van der Waals surface area contributed by atoms with E-state index in [1.54, 1.807) is 42.5 Å². The van der Waals surface area contributed by atoms with Crippen LogP contribution in [0, 0.1) is 5.82 Å². The van der Waals surface area contributed by atoms with Crippen LogP contribution in [0.5, 0.6) is 0 Å². The summed E-state index contributed by atoms with van der Waals surface area (Å²) in [6, 6.07) is 13.3. The summed E-state index contributed by atoms with van der Waals surface area (Å²) in [5.74, 6) is -0.758. The van der Waals surface area contributed by atoms with Gasteiger partial charge in [-0.15, -0.1) is 0 Å². The van der Waals surface area contributed by atoms with Crippen molar-refractivity contribution in [3.8, 4) is 0 Å². The highest BCUT2D eigenvalue weighted by Gasteiger charge is 2.05. The van der Waals surface area contributed by atoms with Gasteiger partial charge >= 0.3 is 0 Å². The molecule has 23 heavy (non-hydrogen) atoms. The van der Waals surface area contributed by atoms with Crippen molar-refractivity contribution in [3.63, 3.8) is 0 Å². The molecule has 2 rings (SSSR count). The molecule has 0 spiro atoms. The summed E-state index contributed by atoms with van der Waals surface area (Å²) >= 11 is 0. The van der Waals surface area contributed by atoms with Crippen LogP contribution in [0.25, 0.3) is 0 Å². The Balaban J connectivity index is 1.82. The number of hydrogen-bond donors (Lipinski definition) is 3. The van der Waals surface area contributed by atoms with Crippen molar-refractivity contribution in [2.45, 2.75) is 13.5 Å². The Labute approximate surface area is 133 Å². The molecule has 0 aliphatic heterocycles. The predicted molar refractivity (Wildman–Crippen MR) is 87.5 cm³/mol. The first-order valence-corrected chi connectivity index (χ1v) is 7.16. The number of nitrogens with one attached hydrogen (secondary N) is 3. The third-order valence-corrected chi connectivity index (χ3v) is 3.07. The van der Waals surface area contributed by atoms with Crippen LogP contribution in [-0.4, -0.2) is 18.4 Å². The fourth-order valence-corrected chi connectivity index (χ4v) is 1.99. The Morgan fingerprint density at radius 2 is 1.78 bits per heavy atom. The third-order valence-electron chi connectivity index (χ3n) is 3.07. The van der Waals surface area contributed by atoms with Gasteiger partial charge in [0.15, 0.2) is 0 Å². The van der Waals surface area contributed by atoms with Gasteiger partial charge in [0.25, 0.3) is 0 Å². The molecule has 0 atom stereocenters. The SMILES string of the molecule is CC(=O)Nc1cccc(NCC(=O)NCc2ccccc2F)c1. The molecular weight excluding hydrogens is 297 g/mol. The van der Waals surface area contributed by atoms with Gasteiger partial charge in [-0.1, -0.05) is 24.3 Å². The van der Waals surface area contributed by atoms with Crippen molar-refractivity contribution in [1.82, 2.24) is 5.32 Å². The average Bonchev–Trinajstić information content (AvgIpc) is 2.52. The quantitative estimate of drug-likeness (QED) is 0.767. The highest BCUT2D eigenvalue weighted by atomic mass is 19.1. The zero-order chi connectivity index (χ0) is 16.7. The van der Waals surface area contributed by atoms with Gasteiger partial charge in [0, 0.05) is 30.4 Å². The Hall–Kier alpha value is -2.89. The van der Waals surface area contributed by atoms with Crippen LogP contribution in [0.15, 0.2) is 48.5 Å². The van der Waals surface area contributed by atoms with Gasteiger partial charge < -0.3 is 16.0 Å². The van der Waals surface area contributed by atoms with Gasteiger partial charge in [0.2, 0.25) is 11.8 Å². The molecule has 0 unspecified atom stereocenters. The largest absolute Gasteiger partial charge is 0.376 e. The van der Waals surface area contributed by atoms with E-state index >= 15 is 0 Å². The highest BCUT2D eigenvalue weighted by molar-refractivity contribution is 5.89. The third kappa shape index (κ3) is 5.43. The zero-order valence-electron chi connectivity index (χ0n) is 12.7. The Bertz CT molecular complexity index is 704. The lowest BCUT2D eigenvalue weighted by atomic mass is 10.2. The molecule has 0 saturated heterocycles. The van der Waals surface area contributed by atoms with Gasteiger partial charge in [0.05, 0.1) is 6.54 Å². The van der Waals surface area contributed by atoms with Crippen LogP contribution in [0.1, 0.15) is 12.5 Å². The molecule has 2 aromatic rings.